The zero-order valence-electron chi connectivity index (χ0n) is 36.1. The average Bonchev–Trinajstić information content (AvgIpc) is 3.86. The molecule has 0 spiro atoms. The molecule has 0 bridgehead atoms. The molecule has 2 heterocycles. The van der Waals surface area contributed by atoms with E-state index < -0.39 is 13.9 Å². The smallest absolute Gasteiger partial charge is 0.319 e. The number of benzene rings is 4. The molecule has 0 saturated carbocycles. The zero-order chi connectivity index (χ0) is 43.5. The Morgan fingerprint density at radius 2 is 1.33 bits per heavy atom. The van der Waals surface area contributed by atoms with Crippen LogP contribution in [0.15, 0.2) is 150 Å². The molecule has 0 saturated heterocycles. The predicted octanol–water partition coefficient (Wildman–Crippen LogP) is 12.7. The lowest BCUT2D eigenvalue weighted by atomic mass is 9.87. The first-order valence-corrected chi connectivity index (χ1v) is 23.8. The number of unbranched alkanes of at least 4 members (excludes halogenated alkanes) is 2. The van der Waals surface area contributed by atoms with Gasteiger partial charge in [-0.3, -0.25) is 0 Å². The van der Waals surface area contributed by atoms with E-state index in [2.05, 4.69) is 148 Å². The molecule has 0 fully saturated rings. The van der Waals surface area contributed by atoms with E-state index in [4.69, 9.17) is 15.7 Å². The quantitative estimate of drug-likeness (QED) is 0.0562. The molecule has 6 nitrogen and oxygen atoms in total. The fourth-order valence-corrected chi connectivity index (χ4v) is 13.2. The van der Waals surface area contributed by atoms with Crippen LogP contribution in [-0.2, 0) is 10.3 Å². The van der Waals surface area contributed by atoms with Gasteiger partial charge in [0.25, 0.3) is 0 Å². The van der Waals surface area contributed by atoms with Gasteiger partial charge in [0.15, 0.2) is 11.3 Å². The maximum absolute atomic E-state index is 9.72. The maximum Gasteiger partial charge on any atom is 0.319 e. The number of nitrogens with zero attached hydrogens (tertiary/aromatic N) is 4. The SMILES string of the molecule is [C-]#[N+]C1=C(/C=C/c2ccc(/C=C/c3ccc(N(CCCC)CCCC)cc3O[Si](c3ccccc3)(c3ccccc3)C(C)(C)C)s2)C(C)(c2ccccc2)OC1=C(C#N)C#N. The first-order chi connectivity index (χ1) is 29.5. The van der Waals surface area contributed by atoms with E-state index in [9.17, 15) is 10.5 Å². The van der Waals surface area contributed by atoms with Crippen molar-refractivity contribution in [2.45, 2.75) is 77.9 Å². The molecule has 0 amide bonds. The van der Waals surface area contributed by atoms with Crippen LogP contribution in [0.5, 0.6) is 5.75 Å². The summed E-state index contributed by atoms with van der Waals surface area (Å²) in [5, 5.41) is 21.7. The second-order valence-electron chi connectivity index (χ2n) is 16.4. The van der Waals surface area contributed by atoms with Crippen molar-refractivity contribution < 1.29 is 9.16 Å². The van der Waals surface area contributed by atoms with Crippen molar-refractivity contribution in [3.63, 3.8) is 0 Å². The van der Waals surface area contributed by atoms with Gasteiger partial charge in [0.2, 0.25) is 5.70 Å². The minimum Gasteiger partial charge on any atom is -0.534 e. The van der Waals surface area contributed by atoms with E-state index in [0.29, 0.717) is 5.57 Å². The maximum atomic E-state index is 9.72. The van der Waals surface area contributed by atoms with Crippen molar-refractivity contribution in [1.82, 2.24) is 0 Å². The van der Waals surface area contributed by atoms with E-state index >= 15 is 0 Å². The summed E-state index contributed by atoms with van der Waals surface area (Å²) in [6, 6.07) is 45.9. The van der Waals surface area contributed by atoms with Crippen LogP contribution in [0.1, 0.15) is 88.1 Å². The van der Waals surface area contributed by atoms with Gasteiger partial charge in [0.1, 0.15) is 23.5 Å². The molecule has 308 valence electrons. The molecule has 1 aromatic heterocycles. The van der Waals surface area contributed by atoms with Gasteiger partial charge in [-0.2, -0.15) is 10.5 Å². The number of nitriles is 2. The summed E-state index contributed by atoms with van der Waals surface area (Å²) in [6.45, 7) is 23.4. The van der Waals surface area contributed by atoms with Gasteiger partial charge >= 0.3 is 8.32 Å². The number of anilines is 1. The van der Waals surface area contributed by atoms with Crippen LogP contribution in [0, 0.1) is 29.2 Å². The summed E-state index contributed by atoms with van der Waals surface area (Å²) in [4.78, 5) is 8.32. The Balaban J connectivity index is 1.42. The van der Waals surface area contributed by atoms with Crippen LogP contribution in [0.2, 0.25) is 5.04 Å². The number of rotatable bonds is 16. The van der Waals surface area contributed by atoms with Crippen molar-refractivity contribution in [3.05, 3.63) is 182 Å². The molecule has 0 N–H and O–H groups in total. The molecule has 1 atom stereocenters. The van der Waals surface area contributed by atoms with Gasteiger partial charge in [-0.25, -0.2) is 4.85 Å². The standard InChI is InChI=1S/C53H54N4O2SSi/c1-8-10-35-57(36-11-9-2)43-29-27-40(49(37-43)59-61(52(3,4)5,46-23-17-13-18-24-46)47-25-19-14-20-26-47)28-30-44-31-32-45(60-44)33-34-48-50(56-7)51(41(38-54)39-55)58-53(48,6)42-21-15-12-16-22-42/h12-34,37H,8-11,35-36H2,1-6H3/b30-28+,34-33+. The lowest BCUT2D eigenvalue weighted by molar-refractivity contribution is 0.0755. The van der Waals surface area contributed by atoms with E-state index in [1.165, 1.54) is 16.1 Å². The van der Waals surface area contributed by atoms with Crippen LogP contribution < -0.4 is 19.7 Å². The van der Waals surface area contributed by atoms with E-state index in [1.54, 1.807) is 11.3 Å². The number of hydrogen-bond donors (Lipinski definition) is 0. The molecular weight excluding hydrogens is 785 g/mol. The van der Waals surface area contributed by atoms with E-state index in [1.807, 2.05) is 61.5 Å². The average molecular weight is 839 g/mol. The molecule has 5 aromatic rings. The van der Waals surface area contributed by atoms with Crippen molar-refractivity contribution >= 4 is 53.9 Å². The van der Waals surface area contributed by atoms with Gasteiger partial charge < -0.3 is 14.1 Å². The second-order valence-corrected chi connectivity index (χ2v) is 21.8. The lowest BCUT2D eigenvalue weighted by Crippen LogP contribution is -2.68. The normalized spacial score (nSPS) is 15.4. The molecule has 4 aromatic carbocycles. The first kappa shape index (κ1) is 44.2. The molecule has 0 radical (unpaired) electrons. The Morgan fingerprint density at radius 1 is 0.787 bits per heavy atom. The van der Waals surface area contributed by atoms with Crippen molar-refractivity contribution in [2.24, 2.45) is 0 Å². The highest BCUT2D eigenvalue weighted by Crippen LogP contribution is 2.48. The minimum atomic E-state index is -2.95. The summed E-state index contributed by atoms with van der Waals surface area (Å²) < 4.78 is 14.1. The number of hydrogen-bond acceptors (Lipinski definition) is 6. The third-order valence-corrected chi connectivity index (χ3v) is 17.2. The fraction of sp³-hybridized carbons (Fsp3) is 0.264. The molecule has 61 heavy (non-hydrogen) atoms. The van der Waals surface area contributed by atoms with Crippen molar-refractivity contribution in [3.8, 4) is 17.9 Å². The zero-order valence-corrected chi connectivity index (χ0v) is 37.9. The largest absolute Gasteiger partial charge is 0.534 e. The summed E-state index contributed by atoms with van der Waals surface area (Å²) in [5.41, 5.74) is 2.47. The third kappa shape index (κ3) is 9.51. The van der Waals surface area contributed by atoms with Crippen LogP contribution >= 0.6 is 11.3 Å². The van der Waals surface area contributed by atoms with Crippen LogP contribution in [0.4, 0.5) is 5.69 Å². The number of thiophene rings is 1. The third-order valence-electron chi connectivity index (χ3n) is 11.3. The molecule has 0 aliphatic carbocycles. The Labute approximate surface area is 368 Å². The molecule has 1 aliphatic heterocycles. The van der Waals surface area contributed by atoms with Gasteiger partial charge in [0.05, 0.1) is 6.57 Å². The summed E-state index contributed by atoms with van der Waals surface area (Å²) in [5.74, 6) is 0.887. The highest BCUT2D eigenvalue weighted by Gasteiger charge is 2.52. The minimum absolute atomic E-state index is 0.0155. The number of ether oxygens (including phenoxy) is 1. The monoisotopic (exact) mass is 838 g/mol. The first-order valence-electron chi connectivity index (χ1n) is 21.1. The Morgan fingerprint density at radius 3 is 1.84 bits per heavy atom. The van der Waals surface area contributed by atoms with Crippen molar-refractivity contribution in [2.75, 3.05) is 18.0 Å². The van der Waals surface area contributed by atoms with Crippen LogP contribution in [0.3, 0.4) is 0 Å². The Kier molecular flexibility index (Phi) is 14.3. The highest BCUT2D eigenvalue weighted by molar-refractivity contribution is 7.13. The molecule has 1 unspecified atom stereocenters. The molecular formula is C53H54N4O2SSi. The molecule has 8 heteroatoms. The van der Waals surface area contributed by atoms with Crippen LogP contribution in [0.25, 0.3) is 23.1 Å². The lowest BCUT2D eigenvalue weighted by Gasteiger charge is -2.43. The van der Waals surface area contributed by atoms with E-state index in [0.717, 1.165) is 65.4 Å². The Hall–Kier alpha value is -6.37. The summed E-state index contributed by atoms with van der Waals surface area (Å²) in [6.07, 6.45) is 12.7. The highest BCUT2D eigenvalue weighted by atomic mass is 32.1. The summed E-state index contributed by atoms with van der Waals surface area (Å²) >= 11 is 1.63. The topological polar surface area (TPSA) is 73.6 Å². The van der Waals surface area contributed by atoms with Gasteiger partial charge in [0, 0.05) is 45.7 Å². The second kappa shape index (κ2) is 19.8. The van der Waals surface area contributed by atoms with E-state index in [-0.39, 0.29) is 22.1 Å². The summed E-state index contributed by atoms with van der Waals surface area (Å²) in [7, 11) is -2.95. The van der Waals surface area contributed by atoms with Crippen molar-refractivity contribution in [1.29, 1.82) is 10.5 Å². The Bertz CT molecular complexity index is 2480. The van der Waals surface area contributed by atoms with Gasteiger partial charge in [-0.15, -0.1) is 11.3 Å². The van der Waals surface area contributed by atoms with Gasteiger partial charge in [-0.1, -0.05) is 145 Å². The molecule has 6 rings (SSSR count). The fourth-order valence-electron chi connectivity index (χ4n) is 7.98. The number of allylic oxidation sites excluding steroid dienone is 1. The molecule has 1 aliphatic rings. The van der Waals surface area contributed by atoms with Crippen LogP contribution in [-0.4, -0.2) is 21.4 Å². The predicted molar refractivity (Wildman–Crippen MR) is 256 cm³/mol. The van der Waals surface area contributed by atoms with Gasteiger partial charge in [-0.05, 0) is 83.2 Å².